The van der Waals surface area contributed by atoms with Crippen molar-refractivity contribution < 1.29 is 8.42 Å². The molecule has 0 amide bonds. The molecule has 1 rings (SSSR count). The Kier molecular flexibility index (Phi) is 3.05. The lowest BCUT2D eigenvalue weighted by Crippen LogP contribution is -2.56. The molecule has 0 unspecified atom stereocenters. The quantitative estimate of drug-likeness (QED) is 0.551. The highest BCUT2D eigenvalue weighted by atomic mass is 32.2. The molecule has 0 aromatic heterocycles. The van der Waals surface area contributed by atoms with Crippen LogP contribution in [0.15, 0.2) is 0 Å². The third kappa shape index (κ3) is 3.06. The van der Waals surface area contributed by atoms with E-state index >= 15 is 0 Å². The van der Waals surface area contributed by atoms with Crippen molar-refractivity contribution in [1.82, 2.24) is 10.2 Å². The van der Waals surface area contributed by atoms with Crippen LogP contribution in [0.4, 0.5) is 0 Å². The Hall–Kier alpha value is -0.170. The van der Waals surface area contributed by atoms with Crippen molar-refractivity contribution in [3.05, 3.63) is 0 Å². The van der Waals surface area contributed by atoms with Gasteiger partial charge in [-0.2, -0.15) is 0 Å². The molecule has 0 bridgehead atoms. The molecule has 0 aromatic rings. The van der Waals surface area contributed by atoms with Gasteiger partial charge in [-0.15, -0.1) is 0 Å². The Bertz CT molecular complexity index is 235. The van der Waals surface area contributed by atoms with Crippen molar-refractivity contribution in [2.24, 2.45) is 5.14 Å². The summed E-state index contributed by atoms with van der Waals surface area (Å²) in [4.78, 5) is 2.01. The molecule has 72 valence electrons. The molecule has 0 atom stereocenters. The van der Waals surface area contributed by atoms with Crippen LogP contribution in [0.2, 0.25) is 0 Å². The molecule has 5 nitrogen and oxygen atoms in total. The number of hydrogen-bond donors (Lipinski definition) is 2. The molecule has 0 spiro atoms. The van der Waals surface area contributed by atoms with E-state index in [9.17, 15) is 8.42 Å². The number of likely N-dealkylation sites (N-methyl/N-ethyl adjacent to an activating group) is 1. The maximum absolute atomic E-state index is 10.6. The van der Waals surface area contributed by atoms with E-state index in [-0.39, 0.29) is 5.75 Å². The molecular weight excluding hydrogens is 178 g/mol. The van der Waals surface area contributed by atoms with Gasteiger partial charge in [-0.1, -0.05) is 0 Å². The van der Waals surface area contributed by atoms with Gasteiger partial charge in [0, 0.05) is 25.7 Å². The SMILES string of the molecule is CN(CCS(N)(=O)=O)C1CNC1. The highest BCUT2D eigenvalue weighted by Crippen LogP contribution is 2.01. The molecule has 12 heavy (non-hydrogen) atoms. The van der Waals surface area contributed by atoms with Crippen LogP contribution in [-0.2, 0) is 10.0 Å². The van der Waals surface area contributed by atoms with Gasteiger partial charge in [0.15, 0.2) is 0 Å². The zero-order valence-corrected chi connectivity index (χ0v) is 7.97. The number of rotatable bonds is 4. The van der Waals surface area contributed by atoms with Crippen LogP contribution in [0, 0.1) is 0 Å². The first-order valence-electron chi connectivity index (χ1n) is 3.90. The van der Waals surface area contributed by atoms with Crippen molar-refractivity contribution >= 4 is 10.0 Å². The molecule has 6 heteroatoms. The Balaban J connectivity index is 2.22. The molecule has 1 saturated heterocycles. The molecule has 1 aliphatic rings. The summed E-state index contributed by atoms with van der Waals surface area (Å²) in [6.45, 7) is 2.41. The Morgan fingerprint density at radius 1 is 1.58 bits per heavy atom. The second kappa shape index (κ2) is 3.69. The van der Waals surface area contributed by atoms with E-state index in [0.29, 0.717) is 12.6 Å². The Morgan fingerprint density at radius 3 is 2.50 bits per heavy atom. The molecule has 0 aromatic carbocycles. The van der Waals surface area contributed by atoms with E-state index < -0.39 is 10.0 Å². The highest BCUT2D eigenvalue weighted by molar-refractivity contribution is 7.89. The minimum Gasteiger partial charge on any atom is -0.314 e. The molecule has 0 aliphatic carbocycles. The maximum atomic E-state index is 10.6. The monoisotopic (exact) mass is 193 g/mol. The summed E-state index contributed by atoms with van der Waals surface area (Å²) in [6, 6.07) is 0.478. The summed E-state index contributed by atoms with van der Waals surface area (Å²) in [5.41, 5.74) is 0. The van der Waals surface area contributed by atoms with Gasteiger partial charge in [0.2, 0.25) is 10.0 Å². The predicted octanol–water partition coefficient (Wildman–Crippen LogP) is -1.82. The smallest absolute Gasteiger partial charge is 0.210 e. The second-order valence-corrected chi connectivity index (χ2v) is 4.89. The number of sulfonamides is 1. The van der Waals surface area contributed by atoms with E-state index in [1.54, 1.807) is 0 Å². The molecule has 0 radical (unpaired) electrons. The first kappa shape index (κ1) is 9.91. The summed E-state index contributed by atoms with van der Waals surface area (Å²) >= 11 is 0. The highest BCUT2D eigenvalue weighted by Gasteiger charge is 2.21. The van der Waals surface area contributed by atoms with Crippen LogP contribution in [-0.4, -0.2) is 51.8 Å². The van der Waals surface area contributed by atoms with E-state index in [1.165, 1.54) is 0 Å². The van der Waals surface area contributed by atoms with Crippen molar-refractivity contribution in [2.75, 3.05) is 32.4 Å². The van der Waals surface area contributed by atoms with E-state index in [1.807, 2.05) is 11.9 Å². The maximum Gasteiger partial charge on any atom is 0.210 e. The molecule has 3 N–H and O–H groups in total. The number of nitrogens with two attached hydrogens (primary N) is 1. The lowest BCUT2D eigenvalue weighted by atomic mass is 10.1. The largest absolute Gasteiger partial charge is 0.314 e. The van der Waals surface area contributed by atoms with E-state index in [0.717, 1.165) is 13.1 Å². The van der Waals surface area contributed by atoms with Gasteiger partial charge in [-0.05, 0) is 7.05 Å². The normalized spacial score (nSPS) is 19.6. The fourth-order valence-electron chi connectivity index (χ4n) is 1.04. The number of hydrogen-bond acceptors (Lipinski definition) is 4. The van der Waals surface area contributed by atoms with Crippen LogP contribution < -0.4 is 10.5 Å². The number of nitrogens with zero attached hydrogens (tertiary/aromatic N) is 1. The van der Waals surface area contributed by atoms with Crippen molar-refractivity contribution in [3.63, 3.8) is 0 Å². The molecule has 1 fully saturated rings. The zero-order valence-electron chi connectivity index (χ0n) is 7.16. The van der Waals surface area contributed by atoms with Gasteiger partial charge in [-0.25, -0.2) is 13.6 Å². The van der Waals surface area contributed by atoms with Crippen LogP contribution >= 0.6 is 0 Å². The minimum atomic E-state index is -3.30. The molecule has 1 aliphatic heterocycles. The van der Waals surface area contributed by atoms with Crippen LogP contribution in [0.5, 0.6) is 0 Å². The Labute approximate surface area is 73.0 Å². The van der Waals surface area contributed by atoms with Gasteiger partial charge < -0.3 is 5.32 Å². The minimum absolute atomic E-state index is 0.0417. The van der Waals surface area contributed by atoms with E-state index in [4.69, 9.17) is 5.14 Å². The fourth-order valence-corrected chi connectivity index (χ4v) is 1.58. The molecule has 0 saturated carbocycles. The molecular formula is C6H15N3O2S. The third-order valence-electron chi connectivity index (χ3n) is 2.11. The van der Waals surface area contributed by atoms with Gasteiger partial charge in [0.25, 0.3) is 0 Å². The van der Waals surface area contributed by atoms with Crippen LogP contribution in [0.1, 0.15) is 0 Å². The standard InChI is InChI=1S/C6H15N3O2S/c1-9(6-4-8-5-6)2-3-12(7,10)11/h6,8H,2-5H2,1H3,(H2,7,10,11). The van der Waals surface area contributed by atoms with Crippen molar-refractivity contribution in [3.8, 4) is 0 Å². The summed E-state index contributed by atoms with van der Waals surface area (Å²) in [7, 11) is -1.39. The zero-order chi connectivity index (χ0) is 9.19. The van der Waals surface area contributed by atoms with Crippen molar-refractivity contribution in [1.29, 1.82) is 0 Å². The summed E-state index contributed by atoms with van der Waals surface area (Å²) in [5, 5.41) is 7.99. The van der Waals surface area contributed by atoms with Gasteiger partial charge >= 0.3 is 0 Å². The van der Waals surface area contributed by atoms with Crippen LogP contribution in [0.3, 0.4) is 0 Å². The fraction of sp³-hybridized carbons (Fsp3) is 1.00. The van der Waals surface area contributed by atoms with Crippen LogP contribution in [0.25, 0.3) is 0 Å². The summed E-state index contributed by atoms with van der Waals surface area (Å²) < 4.78 is 21.2. The van der Waals surface area contributed by atoms with Gasteiger partial charge in [-0.3, -0.25) is 4.90 Å². The summed E-state index contributed by atoms with van der Waals surface area (Å²) in [5.74, 6) is 0.0417. The lowest BCUT2D eigenvalue weighted by molar-refractivity contribution is 0.189. The van der Waals surface area contributed by atoms with Gasteiger partial charge in [0.1, 0.15) is 0 Å². The molecule has 1 heterocycles. The first-order valence-corrected chi connectivity index (χ1v) is 5.62. The average molecular weight is 193 g/mol. The van der Waals surface area contributed by atoms with Crippen molar-refractivity contribution in [2.45, 2.75) is 6.04 Å². The van der Waals surface area contributed by atoms with Gasteiger partial charge in [0.05, 0.1) is 5.75 Å². The second-order valence-electron chi connectivity index (χ2n) is 3.16. The Morgan fingerprint density at radius 2 is 2.17 bits per heavy atom. The lowest BCUT2D eigenvalue weighted by Gasteiger charge is -2.35. The topological polar surface area (TPSA) is 75.4 Å². The number of nitrogens with one attached hydrogen (secondary N) is 1. The average Bonchev–Trinajstić information content (AvgIpc) is 1.78. The number of primary sulfonamides is 1. The summed E-state index contributed by atoms with van der Waals surface area (Å²) in [6.07, 6.45) is 0. The predicted molar refractivity (Wildman–Crippen MR) is 47.3 cm³/mol. The first-order chi connectivity index (χ1) is 5.49. The third-order valence-corrected chi connectivity index (χ3v) is 2.86. The van der Waals surface area contributed by atoms with E-state index in [2.05, 4.69) is 5.32 Å².